The molecule has 22 heavy (non-hydrogen) atoms. The van der Waals surface area contributed by atoms with Crippen LogP contribution in [-0.4, -0.2) is 79.4 Å². The van der Waals surface area contributed by atoms with Gasteiger partial charge in [0, 0.05) is 46.7 Å². The molecule has 7 nitrogen and oxygen atoms in total. The van der Waals surface area contributed by atoms with Gasteiger partial charge in [-0.25, -0.2) is 4.79 Å². The van der Waals surface area contributed by atoms with E-state index in [-0.39, 0.29) is 24.4 Å². The van der Waals surface area contributed by atoms with Gasteiger partial charge >= 0.3 is 6.03 Å². The van der Waals surface area contributed by atoms with Crippen LogP contribution < -0.4 is 5.32 Å². The Morgan fingerprint density at radius 3 is 2.68 bits per heavy atom. The third kappa shape index (κ3) is 4.35. The molecule has 1 N–H and O–H groups in total. The van der Waals surface area contributed by atoms with Gasteiger partial charge in [0.25, 0.3) is 0 Å². The molecule has 0 aromatic rings. The standard InChI is InChI=1S/C15H26N4O3/c1-17(2)15(22)16-9-14(21)19-7-3-5-12(11-19)10-18-8-4-6-13(18)20/h12H,3-11H2,1-2H3,(H,16,22)/t12-/m0/s1. The number of carbonyl (C=O) groups is 3. The van der Waals surface area contributed by atoms with E-state index in [9.17, 15) is 14.4 Å². The maximum absolute atomic E-state index is 12.2. The van der Waals surface area contributed by atoms with Crippen molar-refractivity contribution in [2.24, 2.45) is 5.92 Å². The Labute approximate surface area is 131 Å². The minimum atomic E-state index is -0.260. The first-order chi connectivity index (χ1) is 10.5. The summed E-state index contributed by atoms with van der Waals surface area (Å²) >= 11 is 0. The fraction of sp³-hybridized carbons (Fsp3) is 0.800. The molecule has 7 heteroatoms. The monoisotopic (exact) mass is 310 g/mol. The molecule has 1 atom stereocenters. The van der Waals surface area contributed by atoms with E-state index in [1.165, 1.54) is 4.90 Å². The highest BCUT2D eigenvalue weighted by atomic mass is 16.2. The van der Waals surface area contributed by atoms with Crippen LogP contribution in [-0.2, 0) is 9.59 Å². The fourth-order valence-electron chi connectivity index (χ4n) is 3.07. The fourth-order valence-corrected chi connectivity index (χ4v) is 3.07. The molecule has 2 rings (SSSR count). The molecule has 2 saturated heterocycles. The molecule has 0 bridgehead atoms. The van der Waals surface area contributed by atoms with Crippen LogP contribution in [0.4, 0.5) is 4.79 Å². The lowest BCUT2D eigenvalue weighted by Crippen LogP contribution is -2.48. The summed E-state index contributed by atoms with van der Waals surface area (Å²) in [5.74, 6) is 0.540. The van der Waals surface area contributed by atoms with Gasteiger partial charge in [-0.15, -0.1) is 0 Å². The van der Waals surface area contributed by atoms with Crippen molar-refractivity contribution in [3.8, 4) is 0 Å². The molecule has 2 aliphatic heterocycles. The van der Waals surface area contributed by atoms with Gasteiger partial charge in [-0.05, 0) is 25.2 Å². The van der Waals surface area contributed by atoms with Crippen molar-refractivity contribution in [1.82, 2.24) is 20.0 Å². The number of nitrogens with zero attached hydrogens (tertiary/aromatic N) is 3. The van der Waals surface area contributed by atoms with Gasteiger partial charge in [-0.3, -0.25) is 9.59 Å². The van der Waals surface area contributed by atoms with Crippen molar-refractivity contribution in [3.63, 3.8) is 0 Å². The maximum atomic E-state index is 12.2. The highest BCUT2D eigenvalue weighted by Gasteiger charge is 2.28. The predicted octanol–water partition coefficient (Wildman–Crippen LogP) is 0.119. The van der Waals surface area contributed by atoms with Gasteiger partial charge in [0.05, 0.1) is 6.54 Å². The van der Waals surface area contributed by atoms with Gasteiger partial charge in [0.15, 0.2) is 0 Å². The summed E-state index contributed by atoms with van der Waals surface area (Å²) in [7, 11) is 3.29. The second-order valence-corrected chi connectivity index (χ2v) is 6.34. The second-order valence-electron chi connectivity index (χ2n) is 6.34. The molecule has 0 saturated carbocycles. The molecule has 0 radical (unpaired) electrons. The number of urea groups is 1. The Hall–Kier alpha value is -1.79. The molecule has 2 fully saturated rings. The number of amides is 4. The van der Waals surface area contributed by atoms with Gasteiger partial charge < -0.3 is 20.0 Å². The Bertz CT molecular complexity index is 439. The summed E-state index contributed by atoms with van der Waals surface area (Å²) in [4.78, 5) is 40.5. The molecule has 0 aliphatic carbocycles. The lowest BCUT2D eigenvalue weighted by atomic mass is 9.97. The number of piperidine rings is 1. The van der Waals surface area contributed by atoms with Crippen LogP contribution in [0.25, 0.3) is 0 Å². The molecule has 124 valence electrons. The topological polar surface area (TPSA) is 73.0 Å². The first-order valence-corrected chi connectivity index (χ1v) is 7.98. The average Bonchev–Trinajstić information content (AvgIpc) is 2.89. The normalized spacial score (nSPS) is 21.9. The number of carbonyl (C=O) groups excluding carboxylic acids is 3. The summed E-state index contributed by atoms with van der Waals surface area (Å²) in [5.41, 5.74) is 0. The third-order valence-electron chi connectivity index (χ3n) is 4.32. The van der Waals surface area contributed by atoms with E-state index in [1.54, 1.807) is 14.1 Å². The number of hydrogen-bond donors (Lipinski definition) is 1. The summed E-state index contributed by atoms with van der Waals surface area (Å²) in [5, 5.41) is 2.61. The van der Waals surface area contributed by atoms with Crippen LogP contribution in [0, 0.1) is 5.92 Å². The lowest BCUT2D eigenvalue weighted by molar-refractivity contribution is -0.132. The van der Waals surface area contributed by atoms with E-state index in [2.05, 4.69) is 5.32 Å². The molecule has 0 aromatic carbocycles. The molecule has 2 aliphatic rings. The minimum Gasteiger partial charge on any atom is -0.342 e. The van der Waals surface area contributed by atoms with Crippen LogP contribution in [0.5, 0.6) is 0 Å². The van der Waals surface area contributed by atoms with Crippen LogP contribution in [0.1, 0.15) is 25.7 Å². The molecule has 0 unspecified atom stereocenters. The predicted molar refractivity (Wildman–Crippen MR) is 82.2 cm³/mol. The van der Waals surface area contributed by atoms with Crippen molar-refractivity contribution in [1.29, 1.82) is 0 Å². The zero-order chi connectivity index (χ0) is 16.1. The molecule has 4 amide bonds. The summed E-state index contributed by atoms with van der Waals surface area (Å²) in [6.45, 7) is 3.06. The average molecular weight is 310 g/mol. The summed E-state index contributed by atoms with van der Waals surface area (Å²) < 4.78 is 0. The highest BCUT2D eigenvalue weighted by molar-refractivity contribution is 5.84. The molecular weight excluding hydrogens is 284 g/mol. The number of rotatable bonds is 4. The smallest absolute Gasteiger partial charge is 0.317 e. The summed E-state index contributed by atoms with van der Waals surface area (Å²) in [6.07, 6.45) is 3.62. The Kier molecular flexibility index (Phi) is 5.63. The van der Waals surface area contributed by atoms with E-state index >= 15 is 0 Å². The highest BCUT2D eigenvalue weighted by Crippen LogP contribution is 2.20. The number of likely N-dealkylation sites (tertiary alicyclic amines) is 2. The van der Waals surface area contributed by atoms with Gasteiger partial charge in [-0.2, -0.15) is 0 Å². The quantitative estimate of drug-likeness (QED) is 0.801. The van der Waals surface area contributed by atoms with E-state index in [4.69, 9.17) is 0 Å². The van der Waals surface area contributed by atoms with E-state index in [0.29, 0.717) is 18.9 Å². The molecular formula is C15H26N4O3. The van der Waals surface area contributed by atoms with Crippen LogP contribution in [0.15, 0.2) is 0 Å². The van der Waals surface area contributed by atoms with Crippen molar-refractivity contribution in [3.05, 3.63) is 0 Å². The van der Waals surface area contributed by atoms with Gasteiger partial charge in [0.1, 0.15) is 0 Å². The third-order valence-corrected chi connectivity index (χ3v) is 4.32. The largest absolute Gasteiger partial charge is 0.342 e. The van der Waals surface area contributed by atoms with Crippen LogP contribution >= 0.6 is 0 Å². The molecule has 0 spiro atoms. The van der Waals surface area contributed by atoms with E-state index in [0.717, 1.165) is 38.9 Å². The van der Waals surface area contributed by atoms with Crippen molar-refractivity contribution in [2.75, 3.05) is 46.8 Å². The summed E-state index contributed by atoms with van der Waals surface area (Å²) in [6, 6.07) is -0.260. The van der Waals surface area contributed by atoms with Crippen molar-refractivity contribution in [2.45, 2.75) is 25.7 Å². The SMILES string of the molecule is CN(C)C(=O)NCC(=O)N1CCC[C@@H](CN2CCCC2=O)C1. The van der Waals surface area contributed by atoms with Gasteiger partial charge in [-0.1, -0.05) is 0 Å². The van der Waals surface area contributed by atoms with Crippen molar-refractivity contribution >= 4 is 17.8 Å². The first-order valence-electron chi connectivity index (χ1n) is 7.98. The second kappa shape index (κ2) is 7.47. The zero-order valence-electron chi connectivity index (χ0n) is 13.5. The van der Waals surface area contributed by atoms with Crippen LogP contribution in [0.3, 0.4) is 0 Å². The lowest BCUT2D eigenvalue weighted by Gasteiger charge is -2.34. The number of nitrogens with one attached hydrogen (secondary N) is 1. The molecule has 0 aromatic heterocycles. The first kappa shape index (κ1) is 16.6. The maximum Gasteiger partial charge on any atom is 0.317 e. The Morgan fingerprint density at radius 2 is 2.05 bits per heavy atom. The number of hydrogen-bond acceptors (Lipinski definition) is 3. The zero-order valence-corrected chi connectivity index (χ0v) is 13.5. The Morgan fingerprint density at radius 1 is 1.27 bits per heavy atom. The van der Waals surface area contributed by atoms with Crippen molar-refractivity contribution < 1.29 is 14.4 Å². The van der Waals surface area contributed by atoms with E-state index < -0.39 is 0 Å². The van der Waals surface area contributed by atoms with Crippen LogP contribution in [0.2, 0.25) is 0 Å². The molecule has 2 heterocycles. The Balaban J connectivity index is 1.78. The van der Waals surface area contributed by atoms with Gasteiger partial charge in [0.2, 0.25) is 11.8 Å². The minimum absolute atomic E-state index is 0.0341. The van der Waals surface area contributed by atoms with E-state index in [1.807, 2.05) is 9.80 Å².